The summed E-state index contributed by atoms with van der Waals surface area (Å²) in [5.41, 5.74) is 2.16. The van der Waals surface area contributed by atoms with Crippen molar-refractivity contribution in [2.24, 2.45) is 0 Å². The Labute approximate surface area is 179 Å². The number of hydrogen-bond acceptors (Lipinski definition) is 2. The summed E-state index contributed by atoms with van der Waals surface area (Å²) in [6.45, 7) is 1.51. The number of carbonyl (C=O) groups is 2. The summed E-state index contributed by atoms with van der Waals surface area (Å²) in [5.74, 6) is -0.360. The van der Waals surface area contributed by atoms with Crippen molar-refractivity contribution in [2.45, 2.75) is 25.0 Å². The van der Waals surface area contributed by atoms with Crippen molar-refractivity contribution in [2.75, 3.05) is 18.0 Å². The first-order chi connectivity index (χ1) is 15.1. The first kappa shape index (κ1) is 19.4. The lowest BCUT2D eigenvalue weighted by Gasteiger charge is -2.38. The Bertz CT molecular complexity index is 1110. The Morgan fingerprint density at radius 2 is 1.74 bits per heavy atom. The van der Waals surface area contributed by atoms with Crippen molar-refractivity contribution >= 4 is 17.6 Å². The van der Waals surface area contributed by atoms with E-state index in [0.29, 0.717) is 25.2 Å². The molecule has 5 rings (SSSR count). The molecule has 2 aromatic carbocycles. The molecule has 0 radical (unpaired) electrons. The molecular weight excluding hydrogens is 395 g/mol. The van der Waals surface area contributed by atoms with Gasteiger partial charge >= 0.3 is 6.03 Å². The second-order valence-electron chi connectivity index (χ2n) is 7.93. The molecule has 2 atom stereocenters. The molecule has 0 spiro atoms. The minimum absolute atomic E-state index is 0.0188. The third-order valence-electron chi connectivity index (χ3n) is 6.02. The monoisotopic (exact) mass is 418 g/mol. The van der Waals surface area contributed by atoms with Gasteiger partial charge in [0, 0.05) is 49.2 Å². The minimum Gasteiger partial charge on any atom is -0.348 e. The highest BCUT2D eigenvalue weighted by Crippen LogP contribution is 2.34. The van der Waals surface area contributed by atoms with Crippen LogP contribution >= 0.6 is 0 Å². The van der Waals surface area contributed by atoms with Gasteiger partial charge in [0.05, 0.1) is 6.04 Å². The molecule has 1 fully saturated rings. The number of halogens is 1. The lowest BCUT2D eigenvalue weighted by atomic mass is 9.99. The summed E-state index contributed by atoms with van der Waals surface area (Å²) in [5, 5.41) is 3.01. The zero-order chi connectivity index (χ0) is 21.4. The molecule has 3 aromatic rings. The van der Waals surface area contributed by atoms with Gasteiger partial charge in [-0.1, -0.05) is 36.4 Å². The average Bonchev–Trinajstić information content (AvgIpc) is 3.40. The molecule has 0 aliphatic carbocycles. The number of nitrogens with zero attached hydrogens (tertiary/aromatic N) is 3. The van der Waals surface area contributed by atoms with E-state index in [1.54, 1.807) is 28.0 Å². The van der Waals surface area contributed by atoms with Crippen LogP contribution in [-0.2, 0) is 11.3 Å². The fraction of sp³-hybridized carbons (Fsp3) is 0.250. The Morgan fingerprint density at radius 1 is 0.968 bits per heavy atom. The maximum Gasteiger partial charge on any atom is 0.318 e. The second kappa shape index (κ2) is 7.91. The van der Waals surface area contributed by atoms with Crippen LogP contribution in [0.4, 0.5) is 14.9 Å². The zero-order valence-electron chi connectivity index (χ0n) is 16.9. The van der Waals surface area contributed by atoms with Crippen LogP contribution in [0.25, 0.3) is 0 Å². The van der Waals surface area contributed by atoms with Gasteiger partial charge in [0.1, 0.15) is 11.9 Å². The van der Waals surface area contributed by atoms with Crippen molar-refractivity contribution in [1.29, 1.82) is 0 Å². The highest BCUT2D eigenvalue weighted by Gasteiger charge is 2.37. The van der Waals surface area contributed by atoms with E-state index in [4.69, 9.17) is 0 Å². The molecule has 1 N–H and O–H groups in total. The van der Waals surface area contributed by atoms with Crippen LogP contribution in [0, 0.1) is 5.82 Å². The molecule has 158 valence electrons. The predicted octanol–water partition coefficient (Wildman–Crippen LogP) is 3.55. The van der Waals surface area contributed by atoms with Gasteiger partial charge in [0.15, 0.2) is 0 Å². The standard InChI is InChI=1S/C24H23FN4O2/c25-20-10-5-4-9-19(20)23-21-11-6-12-27(21)13-14-28(23)24(31)26-17-15-22(30)29(16-17)18-7-2-1-3-8-18/h1-12,17,23H,13-16H2,(H,26,31)/t17-,23-/m1/s1. The maximum absolute atomic E-state index is 14.7. The van der Waals surface area contributed by atoms with Gasteiger partial charge in [-0.15, -0.1) is 0 Å². The molecule has 1 saturated heterocycles. The number of anilines is 1. The number of amides is 3. The van der Waals surface area contributed by atoms with Gasteiger partial charge in [-0.05, 0) is 30.3 Å². The topological polar surface area (TPSA) is 57.6 Å². The van der Waals surface area contributed by atoms with Gasteiger partial charge in [-0.25, -0.2) is 9.18 Å². The molecule has 0 unspecified atom stereocenters. The molecular formula is C24H23FN4O2. The van der Waals surface area contributed by atoms with E-state index >= 15 is 0 Å². The van der Waals surface area contributed by atoms with Crippen LogP contribution in [0.5, 0.6) is 0 Å². The minimum atomic E-state index is -0.521. The van der Waals surface area contributed by atoms with E-state index in [1.807, 2.05) is 48.7 Å². The fourth-order valence-electron chi connectivity index (χ4n) is 4.55. The number of para-hydroxylation sites is 1. The van der Waals surface area contributed by atoms with Crippen LogP contribution < -0.4 is 10.2 Å². The molecule has 6 nitrogen and oxygen atoms in total. The first-order valence-electron chi connectivity index (χ1n) is 10.4. The summed E-state index contributed by atoms with van der Waals surface area (Å²) in [7, 11) is 0. The Hall–Kier alpha value is -3.61. The van der Waals surface area contributed by atoms with Crippen LogP contribution in [0.15, 0.2) is 72.9 Å². The molecule has 3 heterocycles. The van der Waals surface area contributed by atoms with E-state index < -0.39 is 6.04 Å². The quantitative estimate of drug-likeness (QED) is 0.707. The number of nitrogens with one attached hydrogen (secondary N) is 1. The van der Waals surface area contributed by atoms with Crippen molar-refractivity contribution < 1.29 is 14.0 Å². The van der Waals surface area contributed by atoms with E-state index in [2.05, 4.69) is 9.88 Å². The Balaban J connectivity index is 1.37. The smallest absolute Gasteiger partial charge is 0.318 e. The highest BCUT2D eigenvalue weighted by molar-refractivity contribution is 5.96. The molecule has 1 aromatic heterocycles. The number of rotatable bonds is 3. The SMILES string of the molecule is O=C1C[C@@H](NC(=O)N2CCn3cccc3[C@H]2c2ccccc2F)CN1c1ccccc1. The maximum atomic E-state index is 14.7. The van der Waals surface area contributed by atoms with Gasteiger partial charge in [0.25, 0.3) is 0 Å². The molecule has 7 heteroatoms. The Kier molecular flexibility index (Phi) is 4.94. The number of carbonyl (C=O) groups excluding carboxylic acids is 2. The lowest BCUT2D eigenvalue weighted by molar-refractivity contribution is -0.117. The fourth-order valence-corrected chi connectivity index (χ4v) is 4.55. The van der Waals surface area contributed by atoms with Crippen molar-refractivity contribution in [3.05, 3.63) is 90.0 Å². The van der Waals surface area contributed by atoms with Gasteiger partial charge in [-0.2, -0.15) is 0 Å². The van der Waals surface area contributed by atoms with Crippen LogP contribution in [-0.4, -0.2) is 40.5 Å². The first-order valence-corrected chi connectivity index (χ1v) is 10.4. The predicted molar refractivity (Wildman–Crippen MR) is 115 cm³/mol. The van der Waals surface area contributed by atoms with E-state index in [1.165, 1.54) is 6.07 Å². The summed E-state index contributed by atoms with van der Waals surface area (Å²) in [4.78, 5) is 29.2. The Morgan fingerprint density at radius 3 is 2.55 bits per heavy atom. The normalized spacial score (nSPS) is 20.6. The average molecular weight is 418 g/mol. The second-order valence-corrected chi connectivity index (χ2v) is 7.93. The van der Waals surface area contributed by atoms with Gasteiger partial charge in [0.2, 0.25) is 5.91 Å². The molecule has 2 aliphatic rings. The van der Waals surface area contributed by atoms with Gasteiger partial charge < -0.3 is 19.7 Å². The van der Waals surface area contributed by atoms with E-state index in [-0.39, 0.29) is 30.2 Å². The lowest BCUT2D eigenvalue weighted by Crippen LogP contribution is -2.50. The number of urea groups is 1. The summed E-state index contributed by atoms with van der Waals surface area (Å²) in [6, 6.07) is 18.7. The number of fused-ring (bicyclic) bond motifs is 1. The molecule has 3 amide bonds. The summed E-state index contributed by atoms with van der Waals surface area (Å²) in [6.07, 6.45) is 2.20. The van der Waals surface area contributed by atoms with E-state index in [0.717, 1.165) is 11.4 Å². The summed E-state index contributed by atoms with van der Waals surface area (Å²) >= 11 is 0. The van der Waals surface area contributed by atoms with Crippen LogP contribution in [0.1, 0.15) is 23.7 Å². The third-order valence-corrected chi connectivity index (χ3v) is 6.02. The molecule has 31 heavy (non-hydrogen) atoms. The molecule has 2 aliphatic heterocycles. The van der Waals surface area contributed by atoms with Crippen molar-refractivity contribution in [3.8, 4) is 0 Å². The largest absolute Gasteiger partial charge is 0.348 e. The van der Waals surface area contributed by atoms with Crippen LogP contribution in [0.3, 0.4) is 0 Å². The van der Waals surface area contributed by atoms with Crippen molar-refractivity contribution in [1.82, 2.24) is 14.8 Å². The van der Waals surface area contributed by atoms with E-state index in [9.17, 15) is 14.0 Å². The summed E-state index contributed by atoms with van der Waals surface area (Å²) < 4.78 is 16.7. The third kappa shape index (κ3) is 3.56. The highest BCUT2D eigenvalue weighted by atomic mass is 19.1. The number of hydrogen-bond donors (Lipinski definition) is 1. The van der Waals surface area contributed by atoms with Crippen molar-refractivity contribution in [3.63, 3.8) is 0 Å². The zero-order valence-corrected chi connectivity index (χ0v) is 16.9. The molecule has 0 saturated carbocycles. The van der Waals surface area contributed by atoms with Crippen LogP contribution in [0.2, 0.25) is 0 Å². The molecule has 0 bridgehead atoms. The number of benzene rings is 2. The number of aromatic nitrogens is 1. The van der Waals surface area contributed by atoms with Gasteiger partial charge in [-0.3, -0.25) is 4.79 Å².